The van der Waals surface area contributed by atoms with Crippen molar-refractivity contribution in [3.8, 4) is 0 Å². The zero-order chi connectivity index (χ0) is 11.5. The summed E-state index contributed by atoms with van der Waals surface area (Å²) < 4.78 is 13.2. The molecule has 0 saturated heterocycles. The normalized spacial score (nSPS) is 19.4. The maximum atomic E-state index is 11.1. The molecule has 0 amide bonds. The van der Waals surface area contributed by atoms with Crippen molar-refractivity contribution in [2.45, 2.75) is 38.3 Å². The highest BCUT2D eigenvalue weighted by Crippen LogP contribution is 2.25. The second-order valence-electron chi connectivity index (χ2n) is 4.49. The molecule has 1 aliphatic carbocycles. The van der Waals surface area contributed by atoms with Gasteiger partial charge in [0.2, 0.25) is 5.95 Å². The third kappa shape index (κ3) is 3.07. The first kappa shape index (κ1) is 11.6. The summed E-state index contributed by atoms with van der Waals surface area (Å²) in [5.74, 6) is 1.71. The van der Waals surface area contributed by atoms with Crippen molar-refractivity contribution in [2.75, 3.05) is 17.3 Å². The lowest BCUT2D eigenvalue weighted by molar-refractivity contribution is 0.535. The van der Waals surface area contributed by atoms with Crippen LogP contribution in [0.4, 0.5) is 5.95 Å². The zero-order valence-electron chi connectivity index (χ0n) is 9.85. The van der Waals surface area contributed by atoms with Crippen molar-refractivity contribution in [2.24, 2.45) is 0 Å². The Morgan fingerprint density at radius 1 is 1.69 bits per heavy atom. The molecule has 1 fully saturated rings. The van der Waals surface area contributed by atoms with E-state index in [4.69, 9.17) is 0 Å². The second kappa shape index (κ2) is 4.99. The summed E-state index contributed by atoms with van der Waals surface area (Å²) in [4.78, 5) is 4.32. The van der Waals surface area contributed by atoms with Gasteiger partial charge in [0.05, 0.1) is 0 Å². The highest BCUT2D eigenvalue weighted by atomic mass is 32.2. The first-order valence-electron chi connectivity index (χ1n) is 5.76. The van der Waals surface area contributed by atoms with Gasteiger partial charge in [-0.25, -0.2) is 4.98 Å². The number of nitrogens with zero attached hydrogens (tertiary/aromatic N) is 2. The van der Waals surface area contributed by atoms with Gasteiger partial charge in [-0.3, -0.25) is 4.21 Å². The van der Waals surface area contributed by atoms with Gasteiger partial charge in [-0.15, -0.1) is 0 Å². The van der Waals surface area contributed by atoms with Gasteiger partial charge in [0, 0.05) is 47.3 Å². The van der Waals surface area contributed by atoms with E-state index in [2.05, 4.69) is 21.8 Å². The molecule has 1 aliphatic rings. The van der Waals surface area contributed by atoms with Crippen LogP contribution >= 0.6 is 0 Å². The topological polar surface area (TPSA) is 46.9 Å². The third-order valence-electron chi connectivity index (χ3n) is 2.88. The molecular weight excluding hydrogens is 222 g/mol. The second-order valence-corrected chi connectivity index (χ2v) is 6.05. The molecule has 4 nitrogen and oxygen atoms in total. The summed E-state index contributed by atoms with van der Waals surface area (Å²) in [5, 5.41) is 3.41. The van der Waals surface area contributed by atoms with Gasteiger partial charge in [-0.2, -0.15) is 0 Å². The van der Waals surface area contributed by atoms with Crippen LogP contribution in [0.2, 0.25) is 0 Å². The molecule has 0 radical (unpaired) electrons. The summed E-state index contributed by atoms with van der Waals surface area (Å²) in [5.41, 5.74) is 0. The summed E-state index contributed by atoms with van der Waals surface area (Å²) >= 11 is 0. The van der Waals surface area contributed by atoms with E-state index in [0.29, 0.717) is 12.1 Å². The Bertz CT molecular complexity index is 373. The molecule has 0 aliphatic heterocycles. The van der Waals surface area contributed by atoms with E-state index in [9.17, 15) is 4.21 Å². The van der Waals surface area contributed by atoms with E-state index < -0.39 is 10.8 Å². The van der Waals surface area contributed by atoms with Gasteiger partial charge >= 0.3 is 0 Å². The predicted molar refractivity (Wildman–Crippen MR) is 67.1 cm³/mol. The lowest BCUT2D eigenvalue weighted by Crippen LogP contribution is -2.13. The summed E-state index contributed by atoms with van der Waals surface area (Å²) in [6.45, 7) is 2.15. The molecule has 0 bridgehead atoms. The molecule has 1 heterocycles. The Labute approximate surface area is 98.9 Å². The smallest absolute Gasteiger partial charge is 0.203 e. The van der Waals surface area contributed by atoms with Gasteiger partial charge in [-0.1, -0.05) is 0 Å². The fourth-order valence-corrected chi connectivity index (χ4v) is 2.34. The van der Waals surface area contributed by atoms with Gasteiger partial charge in [-0.05, 0) is 26.2 Å². The molecule has 2 unspecified atom stereocenters. The van der Waals surface area contributed by atoms with Crippen LogP contribution in [0.15, 0.2) is 12.4 Å². The molecule has 90 valence electrons. The molecule has 5 heteroatoms. The minimum Gasteiger partial charge on any atom is -0.353 e. The quantitative estimate of drug-likeness (QED) is 0.826. The van der Waals surface area contributed by atoms with Crippen LogP contribution in [-0.2, 0) is 10.8 Å². The highest BCUT2D eigenvalue weighted by Gasteiger charge is 2.23. The van der Waals surface area contributed by atoms with E-state index in [0.717, 1.165) is 18.1 Å². The van der Waals surface area contributed by atoms with Gasteiger partial charge < -0.3 is 9.88 Å². The number of anilines is 1. The van der Waals surface area contributed by atoms with Crippen LogP contribution < -0.4 is 5.32 Å². The van der Waals surface area contributed by atoms with E-state index in [-0.39, 0.29) is 0 Å². The Hall–Kier alpha value is -0.840. The molecule has 2 rings (SSSR count). The van der Waals surface area contributed by atoms with Crippen molar-refractivity contribution >= 4 is 16.7 Å². The third-order valence-corrected chi connectivity index (χ3v) is 3.69. The van der Waals surface area contributed by atoms with Gasteiger partial charge in [0.25, 0.3) is 0 Å². The fourth-order valence-electron chi connectivity index (χ4n) is 1.67. The van der Waals surface area contributed by atoms with E-state index in [1.165, 1.54) is 12.8 Å². The van der Waals surface area contributed by atoms with Crippen LogP contribution in [0, 0.1) is 0 Å². The largest absolute Gasteiger partial charge is 0.353 e. The SMILES string of the molecule is CC(CCS(C)=O)n1ccnc1NC1CC1. The highest BCUT2D eigenvalue weighted by molar-refractivity contribution is 7.84. The minimum absolute atomic E-state index is 0.354. The first-order valence-corrected chi connectivity index (χ1v) is 7.49. The number of hydrogen-bond acceptors (Lipinski definition) is 3. The molecule has 1 saturated carbocycles. The molecule has 0 spiro atoms. The van der Waals surface area contributed by atoms with E-state index in [1.54, 1.807) is 6.26 Å². The molecule has 1 N–H and O–H groups in total. The van der Waals surface area contributed by atoms with Crippen LogP contribution in [-0.4, -0.2) is 31.8 Å². The number of imidazole rings is 1. The summed E-state index contributed by atoms with van der Waals surface area (Å²) in [6, 6.07) is 0.973. The van der Waals surface area contributed by atoms with Crippen molar-refractivity contribution in [1.82, 2.24) is 9.55 Å². The Morgan fingerprint density at radius 2 is 2.44 bits per heavy atom. The lowest BCUT2D eigenvalue weighted by Gasteiger charge is -2.16. The Kier molecular flexibility index (Phi) is 3.63. The Balaban J connectivity index is 1.95. The number of rotatable bonds is 6. The van der Waals surface area contributed by atoms with Crippen molar-refractivity contribution < 1.29 is 4.21 Å². The van der Waals surface area contributed by atoms with Crippen molar-refractivity contribution in [3.63, 3.8) is 0 Å². The molecular formula is C11H19N3OS. The molecule has 0 aromatic carbocycles. The Morgan fingerprint density at radius 3 is 3.06 bits per heavy atom. The maximum absolute atomic E-state index is 11.1. The number of hydrogen-bond donors (Lipinski definition) is 1. The van der Waals surface area contributed by atoms with Gasteiger partial charge in [0.1, 0.15) is 0 Å². The maximum Gasteiger partial charge on any atom is 0.203 e. The van der Waals surface area contributed by atoms with Crippen molar-refractivity contribution in [1.29, 1.82) is 0 Å². The van der Waals surface area contributed by atoms with Crippen LogP contribution in [0.3, 0.4) is 0 Å². The standard InChI is InChI=1S/C11H19N3OS/c1-9(5-8-16(2)15)14-7-6-12-11(14)13-10-3-4-10/h6-7,9-10H,3-5,8H2,1-2H3,(H,12,13). The minimum atomic E-state index is -0.707. The van der Waals surface area contributed by atoms with Crippen LogP contribution in [0.25, 0.3) is 0 Å². The molecule has 16 heavy (non-hydrogen) atoms. The van der Waals surface area contributed by atoms with Crippen molar-refractivity contribution in [3.05, 3.63) is 12.4 Å². The van der Waals surface area contributed by atoms with E-state index >= 15 is 0 Å². The zero-order valence-corrected chi connectivity index (χ0v) is 10.7. The number of aromatic nitrogens is 2. The first-order chi connectivity index (χ1) is 7.66. The predicted octanol–water partition coefficient (Wildman–Crippen LogP) is 1.79. The monoisotopic (exact) mass is 241 g/mol. The molecule has 1 aromatic heterocycles. The van der Waals surface area contributed by atoms with Gasteiger partial charge in [0.15, 0.2) is 0 Å². The van der Waals surface area contributed by atoms with Crippen LogP contribution in [0.5, 0.6) is 0 Å². The van der Waals surface area contributed by atoms with E-state index in [1.807, 2.05) is 12.4 Å². The number of nitrogens with one attached hydrogen (secondary N) is 1. The molecule has 1 aromatic rings. The fraction of sp³-hybridized carbons (Fsp3) is 0.727. The summed E-state index contributed by atoms with van der Waals surface area (Å²) in [7, 11) is -0.707. The lowest BCUT2D eigenvalue weighted by atomic mass is 10.2. The average Bonchev–Trinajstić information content (AvgIpc) is 2.91. The molecule has 2 atom stereocenters. The van der Waals surface area contributed by atoms with Crippen LogP contribution in [0.1, 0.15) is 32.2 Å². The summed E-state index contributed by atoms with van der Waals surface area (Å²) in [6.07, 6.45) is 9.00. The average molecular weight is 241 g/mol.